The van der Waals surface area contributed by atoms with Crippen LogP contribution in [0.3, 0.4) is 0 Å². The predicted molar refractivity (Wildman–Crippen MR) is 106 cm³/mol. The molecule has 1 unspecified atom stereocenters. The van der Waals surface area contributed by atoms with Gasteiger partial charge in [-0.3, -0.25) is 4.68 Å². The van der Waals surface area contributed by atoms with Gasteiger partial charge in [0.05, 0.1) is 25.5 Å². The van der Waals surface area contributed by atoms with E-state index in [0.29, 0.717) is 12.6 Å². The third-order valence-corrected chi connectivity index (χ3v) is 3.61. The molecule has 2 heterocycles. The molecule has 1 aromatic heterocycles. The first-order chi connectivity index (χ1) is 11.3. The Morgan fingerprint density at radius 1 is 1.50 bits per heavy atom. The van der Waals surface area contributed by atoms with E-state index in [4.69, 9.17) is 9.47 Å². The Balaban J connectivity index is 0.00000288. The maximum Gasteiger partial charge on any atom is 0.191 e. The normalized spacial score (nSPS) is 17.6. The van der Waals surface area contributed by atoms with Crippen LogP contribution in [0.15, 0.2) is 17.4 Å². The summed E-state index contributed by atoms with van der Waals surface area (Å²) in [6.07, 6.45) is 7.36. The fraction of sp³-hybridized carbons (Fsp3) is 0.750. The van der Waals surface area contributed by atoms with E-state index < -0.39 is 0 Å². The molecule has 0 spiro atoms. The second-order valence-corrected chi connectivity index (χ2v) is 5.71. The van der Waals surface area contributed by atoms with E-state index >= 15 is 0 Å². The SMILES string of the molecule is CCNC(=NCc1cnn(C)c1)NCCCOCC1CCCO1.I. The second-order valence-electron chi connectivity index (χ2n) is 5.71. The van der Waals surface area contributed by atoms with Gasteiger partial charge < -0.3 is 20.1 Å². The van der Waals surface area contributed by atoms with Gasteiger partial charge >= 0.3 is 0 Å². The third-order valence-electron chi connectivity index (χ3n) is 3.61. The van der Waals surface area contributed by atoms with Gasteiger partial charge in [0.15, 0.2) is 5.96 Å². The molecular weight excluding hydrogens is 421 g/mol. The Morgan fingerprint density at radius 3 is 3.04 bits per heavy atom. The molecule has 1 atom stereocenters. The fourth-order valence-corrected chi connectivity index (χ4v) is 2.44. The van der Waals surface area contributed by atoms with E-state index in [-0.39, 0.29) is 24.0 Å². The Morgan fingerprint density at radius 2 is 2.38 bits per heavy atom. The lowest BCUT2D eigenvalue weighted by molar-refractivity contribution is 0.0168. The van der Waals surface area contributed by atoms with E-state index in [0.717, 1.165) is 63.7 Å². The molecule has 0 saturated carbocycles. The number of hydrogen-bond donors (Lipinski definition) is 2. The van der Waals surface area contributed by atoms with Crippen LogP contribution in [0, 0.1) is 0 Å². The first-order valence-corrected chi connectivity index (χ1v) is 8.47. The largest absolute Gasteiger partial charge is 0.379 e. The molecule has 2 N–H and O–H groups in total. The Labute approximate surface area is 161 Å². The molecule has 0 aliphatic carbocycles. The van der Waals surface area contributed by atoms with Gasteiger partial charge in [-0.05, 0) is 26.2 Å². The quantitative estimate of drug-likeness (QED) is 0.259. The molecule has 0 bridgehead atoms. The van der Waals surface area contributed by atoms with E-state index in [2.05, 4.69) is 27.6 Å². The molecular formula is C16H30IN5O2. The third kappa shape index (κ3) is 8.29. The van der Waals surface area contributed by atoms with E-state index in [1.807, 2.05) is 19.4 Å². The average Bonchev–Trinajstić information content (AvgIpc) is 3.19. The number of rotatable bonds is 9. The maximum absolute atomic E-state index is 5.66. The molecule has 0 aromatic carbocycles. The summed E-state index contributed by atoms with van der Waals surface area (Å²) < 4.78 is 13.0. The van der Waals surface area contributed by atoms with Crippen molar-refractivity contribution >= 4 is 29.9 Å². The molecule has 1 saturated heterocycles. The molecule has 0 radical (unpaired) electrons. The minimum absolute atomic E-state index is 0. The summed E-state index contributed by atoms with van der Waals surface area (Å²) in [6.45, 7) is 6.71. The Kier molecular flexibility index (Phi) is 11.0. The van der Waals surface area contributed by atoms with Crippen LogP contribution in [0.1, 0.15) is 31.7 Å². The van der Waals surface area contributed by atoms with Crippen LogP contribution in [0.25, 0.3) is 0 Å². The number of aliphatic imine (C=N–C) groups is 1. The standard InChI is InChI=1S/C16H29N5O2.HI/c1-3-17-16(19-10-14-11-20-21(2)12-14)18-7-5-8-22-13-15-6-4-9-23-15;/h11-12,15H,3-10,13H2,1-2H3,(H2,17,18,19);1H. The highest BCUT2D eigenvalue weighted by molar-refractivity contribution is 14.0. The number of ether oxygens (including phenoxy) is 2. The number of aryl methyl sites for hydroxylation is 1. The van der Waals surface area contributed by atoms with Crippen molar-refractivity contribution in [2.75, 3.05) is 32.9 Å². The molecule has 138 valence electrons. The predicted octanol–water partition coefficient (Wildman–Crippen LogP) is 1.68. The average molecular weight is 451 g/mol. The summed E-state index contributed by atoms with van der Waals surface area (Å²) in [5.41, 5.74) is 1.10. The smallest absolute Gasteiger partial charge is 0.191 e. The van der Waals surface area contributed by atoms with Crippen molar-refractivity contribution in [2.24, 2.45) is 12.0 Å². The van der Waals surface area contributed by atoms with Crippen LogP contribution >= 0.6 is 24.0 Å². The molecule has 0 amide bonds. The van der Waals surface area contributed by atoms with Crippen LogP contribution < -0.4 is 10.6 Å². The van der Waals surface area contributed by atoms with Gasteiger partial charge in [0, 0.05) is 45.1 Å². The highest BCUT2D eigenvalue weighted by Crippen LogP contribution is 2.11. The van der Waals surface area contributed by atoms with Crippen molar-refractivity contribution < 1.29 is 9.47 Å². The topological polar surface area (TPSA) is 72.7 Å². The van der Waals surface area contributed by atoms with Crippen molar-refractivity contribution in [1.82, 2.24) is 20.4 Å². The molecule has 1 aromatic rings. The zero-order valence-corrected chi connectivity index (χ0v) is 17.0. The van der Waals surface area contributed by atoms with Gasteiger partial charge in [0.25, 0.3) is 0 Å². The van der Waals surface area contributed by atoms with Gasteiger partial charge in [-0.25, -0.2) is 4.99 Å². The lowest BCUT2D eigenvalue weighted by Crippen LogP contribution is -2.38. The van der Waals surface area contributed by atoms with Crippen molar-refractivity contribution in [3.8, 4) is 0 Å². The highest BCUT2D eigenvalue weighted by atomic mass is 127. The van der Waals surface area contributed by atoms with E-state index in [1.54, 1.807) is 4.68 Å². The minimum atomic E-state index is 0. The number of guanidine groups is 1. The van der Waals surface area contributed by atoms with Crippen molar-refractivity contribution in [1.29, 1.82) is 0 Å². The second kappa shape index (κ2) is 12.5. The van der Waals surface area contributed by atoms with E-state index in [9.17, 15) is 0 Å². The van der Waals surface area contributed by atoms with Crippen molar-refractivity contribution in [2.45, 2.75) is 38.8 Å². The van der Waals surface area contributed by atoms with Gasteiger partial charge in [-0.2, -0.15) is 5.10 Å². The lowest BCUT2D eigenvalue weighted by atomic mass is 10.2. The summed E-state index contributed by atoms with van der Waals surface area (Å²) in [4.78, 5) is 4.56. The molecule has 8 heteroatoms. The van der Waals surface area contributed by atoms with Gasteiger partial charge in [0.1, 0.15) is 0 Å². The molecule has 24 heavy (non-hydrogen) atoms. The molecule has 1 fully saturated rings. The van der Waals surface area contributed by atoms with Crippen molar-refractivity contribution in [3.05, 3.63) is 18.0 Å². The first kappa shape index (κ1) is 21.2. The number of nitrogens with one attached hydrogen (secondary N) is 2. The molecule has 1 aliphatic heterocycles. The molecule has 2 rings (SSSR count). The van der Waals surface area contributed by atoms with Crippen LogP contribution in [0.5, 0.6) is 0 Å². The summed E-state index contributed by atoms with van der Waals surface area (Å²) >= 11 is 0. The summed E-state index contributed by atoms with van der Waals surface area (Å²) in [6, 6.07) is 0. The number of aromatic nitrogens is 2. The number of halogens is 1. The molecule has 1 aliphatic rings. The van der Waals surface area contributed by atoms with Gasteiger partial charge in [-0.1, -0.05) is 0 Å². The summed E-state index contributed by atoms with van der Waals surface area (Å²) in [5.74, 6) is 0.829. The monoisotopic (exact) mass is 451 g/mol. The minimum Gasteiger partial charge on any atom is -0.379 e. The van der Waals surface area contributed by atoms with Crippen molar-refractivity contribution in [3.63, 3.8) is 0 Å². The number of hydrogen-bond acceptors (Lipinski definition) is 4. The Bertz CT molecular complexity index is 475. The van der Waals surface area contributed by atoms with Gasteiger partial charge in [0.2, 0.25) is 0 Å². The maximum atomic E-state index is 5.66. The zero-order chi connectivity index (χ0) is 16.3. The highest BCUT2D eigenvalue weighted by Gasteiger charge is 2.14. The van der Waals surface area contributed by atoms with Crippen LogP contribution in [0.2, 0.25) is 0 Å². The summed E-state index contributed by atoms with van der Waals surface area (Å²) in [7, 11) is 1.91. The lowest BCUT2D eigenvalue weighted by Gasteiger charge is -2.12. The zero-order valence-electron chi connectivity index (χ0n) is 14.7. The van der Waals surface area contributed by atoms with Crippen LogP contribution in [0.4, 0.5) is 0 Å². The first-order valence-electron chi connectivity index (χ1n) is 8.47. The van der Waals surface area contributed by atoms with E-state index in [1.165, 1.54) is 0 Å². The summed E-state index contributed by atoms with van der Waals surface area (Å²) in [5, 5.41) is 10.7. The van der Waals surface area contributed by atoms with Crippen LogP contribution in [-0.2, 0) is 23.1 Å². The van der Waals surface area contributed by atoms with Gasteiger partial charge in [-0.15, -0.1) is 24.0 Å². The fourth-order valence-electron chi connectivity index (χ4n) is 2.44. The number of nitrogens with zero attached hydrogens (tertiary/aromatic N) is 3. The van der Waals surface area contributed by atoms with Crippen LogP contribution in [-0.4, -0.2) is 54.8 Å². The molecule has 7 nitrogen and oxygen atoms in total. The Hall–Kier alpha value is -0.870.